The number of rotatable bonds is 15. The minimum absolute atomic E-state index is 0.271. The molecular formula is C34H50Cl2N2O2S. The smallest absolute Gasteiger partial charge is 0.111 e. The Morgan fingerprint density at radius 2 is 1.63 bits per heavy atom. The summed E-state index contributed by atoms with van der Waals surface area (Å²) in [7, 11) is 3.58. The fourth-order valence-electron chi connectivity index (χ4n) is 3.55. The van der Waals surface area contributed by atoms with Gasteiger partial charge in [0, 0.05) is 40.8 Å². The van der Waals surface area contributed by atoms with E-state index in [0.29, 0.717) is 42.1 Å². The van der Waals surface area contributed by atoms with Crippen molar-refractivity contribution in [2.45, 2.75) is 60.0 Å². The molecule has 0 aliphatic rings. The summed E-state index contributed by atoms with van der Waals surface area (Å²) in [6.07, 6.45) is 6.02. The summed E-state index contributed by atoms with van der Waals surface area (Å²) in [6, 6.07) is 15.8. The van der Waals surface area contributed by atoms with Crippen LogP contribution in [0.5, 0.6) is 0 Å². The predicted octanol–water partition coefficient (Wildman–Crippen LogP) is 10.4. The fraction of sp³-hybridized carbons (Fsp3) is 0.412. The Bertz CT molecular complexity index is 1080. The third-order valence-corrected chi connectivity index (χ3v) is 7.10. The first kappa shape index (κ1) is 38.7. The van der Waals surface area contributed by atoms with E-state index >= 15 is 0 Å². The molecule has 4 nitrogen and oxygen atoms in total. The van der Waals surface area contributed by atoms with E-state index in [2.05, 4.69) is 48.9 Å². The summed E-state index contributed by atoms with van der Waals surface area (Å²) < 4.78 is 11.3. The van der Waals surface area contributed by atoms with Gasteiger partial charge in [-0.1, -0.05) is 126 Å². The lowest BCUT2D eigenvalue weighted by Gasteiger charge is -2.31. The van der Waals surface area contributed by atoms with Crippen molar-refractivity contribution in [1.29, 1.82) is 0 Å². The number of hydrogen-bond donors (Lipinski definition) is 1. The minimum Gasteiger partial charge on any atom is -0.497 e. The van der Waals surface area contributed by atoms with Crippen molar-refractivity contribution in [3.05, 3.63) is 111 Å². The van der Waals surface area contributed by atoms with Gasteiger partial charge in [0.15, 0.2) is 0 Å². The highest BCUT2D eigenvalue weighted by atomic mass is 35.5. The molecule has 0 aliphatic heterocycles. The van der Waals surface area contributed by atoms with Gasteiger partial charge in [-0.05, 0) is 48.3 Å². The zero-order valence-electron chi connectivity index (χ0n) is 26.4. The van der Waals surface area contributed by atoms with Crippen LogP contribution in [0, 0.1) is 5.92 Å². The Labute approximate surface area is 264 Å². The third-order valence-electron chi connectivity index (χ3n) is 5.52. The SMILES string of the molecule is C=C(/C=C\C(=C/C)CN(CCOCc1ccccc1)/C(Sc1cc(Cl)cc(Cl)c1)=C(\NC)C(C)C)OC.CC.CC. The molecular weight excluding hydrogens is 571 g/mol. The Hall–Kier alpha value is -2.31. The Balaban J connectivity index is 0.00000382. The summed E-state index contributed by atoms with van der Waals surface area (Å²) >= 11 is 14.3. The lowest BCUT2D eigenvalue weighted by Crippen LogP contribution is -2.31. The maximum Gasteiger partial charge on any atom is 0.111 e. The zero-order valence-corrected chi connectivity index (χ0v) is 28.7. The van der Waals surface area contributed by atoms with Gasteiger partial charge < -0.3 is 19.7 Å². The highest BCUT2D eigenvalue weighted by Gasteiger charge is 2.20. The van der Waals surface area contributed by atoms with Gasteiger partial charge in [-0.3, -0.25) is 0 Å². The number of ether oxygens (including phenoxy) is 2. The van der Waals surface area contributed by atoms with E-state index in [9.17, 15) is 0 Å². The second-order valence-corrected chi connectivity index (χ2v) is 10.6. The third kappa shape index (κ3) is 15.5. The van der Waals surface area contributed by atoms with E-state index in [4.69, 9.17) is 32.7 Å². The van der Waals surface area contributed by atoms with E-state index in [-0.39, 0.29) is 5.92 Å². The van der Waals surface area contributed by atoms with Crippen LogP contribution in [-0.2, 0) is 16.1 Å². The topological polar surface area (TPSA) is 33.7 Å². The molecule has 2 aromatic carbocycles. The van der Waals surface area contributed by atoms with Gasteiger partial charge in [-0.15, -0.1) is 0 Å². The van der Waals surface area contributed by atoms with Crippen LogP contribution in [0.2, 0.25) is 10.0 Å². The second-order valence-electron chi connectivity index (χ2n) is 8.66. The molecule has 2 aromatic rings. The van der Waals surface area contributed by atoms with Crippen molar-refractivity contribution < 1.29 is 9.47 Å². The number of allylic oxidation sites excluding steroid dienone is 3. The molecule has 0 heterocycles. The number of nitrogens with zero attached hydrogens (tertiary/aromatic N) is 1. The molecule has 0 saturated heterocycles. The van der Waals surface area contributed by atoms with Gasteiger partial charge in [0.25, 0.3) is 0 Å². The second kappa shape index (κ2) is 23.3. The molecule has 0 spiro atoms. The highest BCUT2D eigenvalue weighted by molar-refractivity contribution is 8.03. The fourth-order valence-corrected chi connectivity index (χ4v) is 5.53. The molecule has 0 aromatic heterocycles. The monoisotopic (exact) mass is 620 g/mol. The minimum atomic E-state index is 0.271. The van der Waals surface area contributed by atoms with E-state index in [1.165, 1.54) is 0 Å². The lowest BCUT2D eigenvalue weighted by molar-refractivity contribution is 0.105. The van der Waals surface area contributed by atoms with Crippen LogP contribution in [0.15, 0.2) is 100 Å². The van der Waals surface area contributed by atoms with E-state index < -0.39 is 0 Å². The summed E-state index contributed by atoms with van der Waals surface area (Å²) in [4.78, 5) is 3.31. The molecule has 0 unspecified atom stereocenters. The molecule has 0 amide bonds. The summed E-state index contributed by atoms with van der Waals surface area (Å²) in [6.45, 7) is 20.8. The Morgan fingerprint density at radius 3 is 2.15 bits per heavy atom. The maximum atomic E-state index is 6.34. The van der Waals surface area contributed by atoms with Crippen LogP contribution >= 0.6 is 35.0 Å². The van der Waals surface area contributed by atoms with Gasteiger partial charge in [0.1, 0.15) is 5.76 Å². The average Bonchev–Trinajstić information content (AvgIpc) is 2.98. The molecule has 0 saturated carbocycles. The van der Waals surface area contributed by atoms with Crippen LogP contribution in [0.1, 0.15) is 54.0 Å². The summed E-state index contributed by atoms with van der Waals surface area (Å²) in [5.74, 6) is 0.877. The molecule has 2 rings (SSSR count). The molecule has 0 atom stereocenters. The number of benzene rings is 2. The molecule has 7 heteroatoms. The zero-order chi connectivity index (χ0) is 31.2. The van der Waals surface area contributed by atoms with Gasteiger partial charge in [0.05, 0.1) is 25.4 Å². The molecule has 41 heavy (non-hydrogen) atoms. The van der Waals surface area contributed by atoms with Crippen LogP contribution in [0.25, 0.3) is 0 Å². The summed E-state index contributed by atoms with van der Waals surface area (Å²) in [5, 5.41) is 5.75. The molecule has 0 radical (unpaired) electrons. The molecule has 0 fully saturated rings. The van der Waals surface area contributed by atoms with Crippen LogP contribution in [-0.4, -0.2) is 38.8 Å². The van der Waals surface area contributed by atoms with Crippen molar-refractivity contribution >= 4 is 35.0 Å². The van der Waals surface area contributed by atoms with E-state index in [1.54, 1.807) is 24.9 Å². The van der Waals surface area contributed by atoms with Gasteiger partial charge in [-0.25, -0.2) is 0 Å². The number of hydrogen-bond acceptors (Lipinski definition) is 5. The standard InChI is InChI=1S/C30H38Cl2N2O2S.2C2H6/c1-7-24(14-13-23(4)35-6)20-34(15-16-36-21-25-11-9-8-10-12-25)30(29(33-5)22(2)3)37-28-18-26(31)17-27(32)19-28;2*1-2/h7-14,17-19,22,33H,4,15-16,20-21H2,1-3,5-6H3;2*1-2H3/b14-13-,24-7+,30-29+;;. The van der Waals surface area contributed by atoms with Crippen LogP contribution in [0.4, 0.5) is 0 Å². The van der Waals surface area contributed by atoms with E-state index in [0.717, 1.165) is 26.8 Å². The van der Waals surface area contributed by atoms with Crippen molar-refractivity contribution in [1.82, 2.24) is 10.2 Å². The van der Waals surface area contributed by atoms with Crippen LogP contribution < -0.4 is 5.32 Å². The predicted molar refractivity (Wildman–Crippen MR) is 183 cm³/mol. The highest BCUT2D eigenvalue weighted by Crippen LogP contribution is 2.36. The van der Waals surface area contributed by atoms with Gasteiger partial charge in [-0.2, -0.15) is 0 Å². The first-order valence-electron chi connectivity index (χ1n) is 14.3. The summed E-state index contributed by atoms with van der Waals surface area (Å²) in [5.41, 5.74) is 3.41. The van der Waals surface area contributed by atoms with Crippen molar-refractivity contribution in [3.63, 3.8) is 0 Å². The number of thioether (sulfide) groups is 1. The molecule has 0 bridgehead atoms. The largest absolute Gasteiger partial charge is 0.497 e. The Morgan fingerprint density at radius 1 is 1.02 bits per heavy atom. The van der Waals surface area contributed by atoms with Crippen molar-refractivity contribution in [3.8, 4) is 0 Å². The quantitative estimate of drug-likeness (QED) is 0.0926. The number of methoxy groups -OCH3 is 1. The van der Waals surface area contributed by atoms with Crippen molar-refractivity contribution in [2.24, 2.45) is 5.92 Å². The first-order chi connectivity index (χ1) is 19.8. The van der Waals surface area contributed by atoms with Gasteiger partial charge >= 0.3 is 0 Å². The van der Waals surface area contributed by atoms with Crippen LogP contribution in [0.3, 0.4) is 0 Å². The lowest BCUT2D eigenvalue weighted by atomic mass is 10.1. The van der Waals surface area contributed by atoms with Gasteiger partial charge in [0.2, 0.25) is 0 Å². The average molecular weight is 622 g/mol. The Kier molecular flexibility index (Phi) is 22.0. The first-order valence-corrected chi connectivity index (χ1v) is 15.8. The van der Waals surface area contributed by atoms with E-state index in [1.807, 2.05) is 84.2 Å². The normalized spacial score (nSPS) is 11.7. The molecule has 1 N–H and O–H groups in total. The molecule has 228 valence electrons. The molecule has 0 aliphatic carbocycles. The maximum absolute atomic E-state index is 6.34. The number of nitrogens with one attached hydrogen (secondary N) is 1. The van der Waals surface area contributed by atoms with Crippen molar-refractivity contribution in [2.75, 3.05) is 33.9 Å². The number of halogens is 2.